The molecule has 0 saturated heterocycles. The van der Waals surface area contributed by atoms with Crippen molar-refractivity contribution in [3.8, 4) is 22.3 Å². The highest BCUT2D eigenvalue weighted by Crippen LogP contribution is 2.52. The van der Waals surface area contributed by atoms with Crippen LogP contribution in [-0.4, -0.2) is 13.3 Å². The van der Waals surface area contributed by atoms with Crippen LogP contribution in [-0.2, 0) is 10.0 Å². The molecule has 5 rings (SSSR count). The van der Waals surface area contributed by atoms with Gasteiger partial charge in [0.05, 0.1) is 15.5 Å². The average Bonchev–Trinajstić information content (AvgIpc) is 2.97. The van der Waals surface area contributed by atoms with Crippen LogP contribution in [0.5, 0.6) is 0 Å². The third kappa shape index (κ3) is 1.40. The zero-order valence-corrected chi connectivity index (χ0v) is 12.3. The summed E-state index contributed by atoms with van der Waals surface area (Å²) < 4.78 is 26.9. The number of hydrogen-bond acceptors (Lipinski definition) is 4. The fourth-order valence-corrected chi connectivity index (χ4v) is 4.82. The summed E-state index contributed by atoms with van der Waals surface area (Å²) in [6.07, 6.45) is 0. The molecule has 23 heavy (non-hydrogen) atoms. The molecule has 3 aromatic rings. The standard InChI is InChI=1S/C16H8N2O4S/c19-18(20)8-1-2-9-10-4-6-14-16-13(17-23(14,21)22)5-3-11(15(10)16)12(9)7-8/h1-7,17H. The summed E-state index contributed by atoms with van der Waals surface area (Å²) in [5.74, 6) is 0. The minimum Gasteiger partial charge on any atom is -0.279 e. The predicted molar refractivity (Wildman–Crippen MR) is 85.8 cm³/mol. The Balaban J connectivity index is 1.96. The minimum absolute atomic E-state index is 0.0228. The Bertz CT molecular complexity index is 1180. The van der Waals surface area contributed by atoms with E-state index >= 15 is 0 Å². The first kappa shape index (κ1) is 12.6. The minimum atomic E-state index is -3.53. The number of anilines is 1. The molecule has 7 heteroatoms. The zero-order valence-electron chi connectivity index (χ0n) is 11.5. The van der Waals surface area contributed by atoms with E-state index in [-0.39, 0.29) is 10.6 Å². The quantitative estimate of drug-likeness (QED) is 0.428. The summed E-state index contributed by atoms with van der Waals surface area (Å²) in [5.41, 5.74) is 3.97. The van der Waals surface area contributed by atoms with Crippen LogP contribution >= 0.6 is 0 Å². The van der Waals surface area contributed by atoms with E-state index in [2.05, 4.69) is 4.72 Å². The number of sulfonamides is 1. The molecule has 0 spiro atoms. The molecule has 0 fully saturated rings. The molecular weight excluding hydrogens is 316 g/mol. The fourth-order valence-electron chi connectivity index (χ4n) is 3.53. The van der Waals surface area contributed by atoms with Gasteiger partial charge in [-0.15, -0.1) is 0 Å². The van der Waals surface area contributed by atoms with Gasteiger partial charge in [0.2, 0.25) is 0 Å². The van der Waals surface area contributed by atoms with E-state index in [9.17, 15) is 18.5 Å². The lowest BCUT2D eigenvalue weighted by atomic mass is 10.0. The molecule has 2 aliphatic rings. The van der Waals surface area contributed by atoms with Crippen molar-refractivity contribution in [3.63, 3.8) is 0 Å². The van der Waals surface area contributed by atoms with E-state index in [4.69, 9.17) is 0 Å². The molecule has 0 aromatic heterocycles. The molecule has 1 N–H and O–H groups in total. The number of nitrogens with one attached hydrogen (secondary N) is 1. The number of benzene rings is 3. The molecule has 0 amide bonds. The second-order valence-electron chi connectivity index (χ2n) is 5.61. The van der Waals surface area contributed by atoms with Crippen molar-refractivity contribution in [3.05, 3.63) is 52.6 Å². The van der Waals surface area contributed by atoms with Gasteiger partial charge in [0.25, 0.3) is 15.7 Å². The molecule has 0 radical (unpaired) electrons. The summed E-state index contributed by atoms with van der Waals surface area (Å²) in [6, 6.07) is 11.6. The fraction of sp³-hybridized carbons (Fsp3) is 0. The Labute approximate surface area is 130 Å². The highest BCUT2D eigenvalue weighted by molar-refractivity contribution is 7.93. The molecule has 0 unspecified atom stereocenters. The maximum atomic E-state index is 12.2. The smallest absolute Gasteiger partial charge is 0.270 e. The van der Waals surface area contributed by atoms with Gasteiger partial charge in [-0.25, -0.2) is 8.42 Å². The monoisotopic (exact) mass is 324 g/mol. The third-order valence-corrected chi connectivity index (χ3v) is 5.86. The molecule has 0 bridgehead atoms. The number of non-ortho nitro benzene ring substituents is 1. The van der Waals surface area contributed by atoms with Crippen LogP contribution in [0.15, 0.2) is 47.4 Å². The molecular formula is C16H8N2O4S. The molecule has 1 aliphatic heterocycles. The van der Waals surface area contributed by atoms with Gasteiger partial charge in [-0.05, 0) is 40.5 Å². The van der Waals surface area contributed by atoms with Gasteiger partial charge in [0.15, 0.2) is 0 Å². The van der Waals surface area contributed by atoms with Gasteiger partial charge in [0, 0.05) is 22.9 Å². The van der Waals surface area contributed by atoms with Crippen molar-refractivity contribution in [2.24, 2.45) is 0 Å². The van der Waals surface area contributed by atoms with Crippen LogP contribution in [0, 0.1) is 10.1 Å². The van der Waals surface area contributed by atoms with Crippen molar-refractivity contribution in [1.82, 2.24) is 0 Å². The Morgan fingerprint density at radius 3 is 2.35 bits per heavy atom. The van der Waals surface area contributed by atoms with E-state index in [1.165, 1.54) is 6.07 Å². The summed E-state index contributed by atoms with van der Waals surface area (Å²) in [6.45, 7) is 0. The highest BCUT2D eigenvalue weighted by atomic mass is 32.2. The van der Waals surface area contributed by atoms with Crippen molar-refractivity contribution in [2.75, 3.05) is 4.72 Å². The van der Waals surface area contributed by atoms with Crippen LogP contribution in [0.1, 0.15) is 0 Å². The van der Waals surface area contributed by atoms with E-state index < -0.39 is 14.9 Å². The average molecular weight is 324 g/mol. The zero-order chi connectivity index (χ0) is 15.9. The Morgan fingerprint density at radius 1 is 0.870 bits per heavy atom. The molecule has 0 atom stereocenters. The largest absolute Gasteiger partial charge is 0.279 e. The van der Waals surface area contributed by atoms with Crippen LogP contribution in [0.3, 0.4) is 0 Å². The number of nitrogens with zero attached hydrogens (tertiary/aromatic N) is 1. The summed E-state index contributed by atoms with van der Waals surface area (Å²) in [4.78, 5) is 10.9. The number of hydrogen-bond donors (Lipinski definition) is 1. The van der Waals surface area contributed by atoms with Gasteiger partial charge in [0.1, 0.15) is 0 Å². The van der Waals surface area contributed by atoms with Gasteiger partial charge in [-0.1, -0.05) is 12.1 Å². The van der Waals surface area contributed by atoms with Crippen LogP contribution in [0.4, 0.5) is 11.4 Å². The Morgan fingerprint density at radius 2 is 1.57 bits per heavy atom. The molecule has 1 aliphatic carbocycles. The third-order valence-electron chi connectivity index (χ3n) is 4.45. The van der Waals surface area contributed by atoms with Crippen LogP contribution in [0.25, 0.3) is 33.0 Å². The number of fused-ring (bicyclic) bond motifs is 3. The number of nitro benzene ring substituents is 1. The first-order valence-corrected chi connectivity index (χ1v) is 8.37. The lowest BCUT2D eigenvalue weighted by Gasteiger charge is -2.02. The first-order valence-electron chi connectivity index (χ1n) is 6.89. The molecule has 1 heterocycles. The van der Waals surface area contributed by atoms with E-state index in [1.807, 2.05) is 6.07 Å². The van der Waals surface area contributed by atoms with Gasteiger partial charge in [-0.2, -0.15) is 0 Å². The summed E-state index contributed by atoms with van der Waals surface area (Å²) in [7, 11) is -3.53. The maximum absolute atomic E-state index is 12.2. The maximum Gasteiger partial charge on any atom is 0.270 e. The SMILES string of the molecule is O=[N+]([O-])c1ccc2c(c1)-c1ccc3c4c(ccc-2c14)S(=O)(=O)N3. The van der Waals surface area contributed by atoms with Crippen molar-refractivity contribution >= 4 is 32.2 Å². The molecule has 6 nitrogen and oxygen atoms in total. The Kier molecular flexibility index (Phi) is 2.02. The number of rotatable bonds is 1. The molecule has 3 aromatic carbocycles. The normalized spacial score (nSPS) is 15.5. The van der Waals surface area contributed by atoms with Crippen molar-refractivity contribution in [1.29, 1.82) is 0 Å². The summed E-state index contributed by atoms with van der Waals surface area (Å²) >= 11 is 0. The predicted octanol–water partition coefficient (Wildman–Crippen LogP) is 3.51. The number of nitro groups is 1. The molecule has 0 saturated carbocycles. The van der Waals surface area contributed by atoms with Gasteiger partial charge in [-0.3, -0.25) is 14.8 Å². The lowest BCUT2D eigenvalue weighted by Crippen LogP contribution is -2.05. The first-order chi connectivity index (χ1) is 11.0. The highest BCUT2D eigenvalue weighted by Gasteiger charge is 2.33. The Hall–Kier alpha value is -2.93. The van der Waals surface area contributed by atoms with E-state index in [0.29, 0.717) is 11.1 Å². The second-order valence-corrected chi connectivity index (χ2v) is 7.27. The topological polar surface area (TPSA) is 89.3 Å². The van der Waals surface area contributed by atoms with Crippen molar-refractivity contribution < 1.29 is 13.3 Å². The van der Waals surface area contributed by atoms with Crippen LogP contribution < -0.4 is 4.72 Å². The van der Waals surface area contributed by atoms with Gasteiger partial charge >= 0.3 is 0 Å². The van der Waals surface area contributed by atoms with E-state index in [1.54, 1.807) is 30.3 Å². The lowest BCUT2D eigenvalue weighted by molar-refractivity contribution is -0.384. The van der Waals surface area contributed by atoms with E-state index in [0.717, 1.165) is 27.6 Å². The second kappa shape index (κ2) is 3.69. The summed E-state index contributed by atoms with van der Waals surface area (Å²) in [5, 5.41) is 12.5. The van der Waals surface area contributed by atoms with Gasteiger partial charge < -0.3 is 0 Å². The van der Waals surface area contributed by atoms with Crippen LogP contribution in [0.2, 0.25) is 0 Å². The van der Waals surface area contributed by atoms with Crippen molar-refractivity contribution in [2.45, 2.75) is 4.90 Å². The molecule has 112 valence electrons.